The molecule has 6 heteroatoms. The first-order chi connectivity index (χ1) is 11.7. The third kappa shape index (κ3) is 5.44. The van der Waals surface area contributed by atoms with Crippen molar-refractivity contribution in [3.05, 3.63) is 35.4 Å². The average molecular weight is 366 g/mol. The number of benzene rings is 1. The molecule has 3 rings (SSSR count). The Morgan fingerprint density at radius 1 is 1.08 bits per heavy atom. The van der Waals surface area contributed by atoms with E-state index < -0.39 is 0 Å². The van der Waals surface area contributed by atoms with Gasteiger partial charge >= 0.3 is 0 Å². The zero-order chi connectivity index (χ0) is 16.8. The Bertz CT molecular complexity index is 588. The molecule has 1 aromatic carbocycles. The first kappa shape index (κ1) is 19.7. The molecule has 0 bridgehead atoms. The van der Waals surface area contributed by atoms with Gasteiger partial charge in [0.2, 0.25) is 11.8 Å². The molecule has 1 unspecified atom stereocenters. The summed E-state index contributed by atoms with van der Waals surface area (Å²) in [6.07, 6.45) is 6.40. The van der Waals surface area contributed by atoms with Gasteiger partial charge in [-0.15, -0.1) is 12.4 Å². The van der Waals surface area contributed by atoms with Crippen LogP contribution in [0.2, 0.25) is 0 Å². The summed E-state index contributed by atoms with van der Waals surface area (Å²) in [7, 11) is 0. The lowest BCUT2D eigenvalue weighted by Gasteiger charge is -2.27. The van der Waals surface area contributed by atoms with Gasteiger partial charge in [-0.25, -0.2) is 0 Å². The summed E-state index contributed by atoms with van der Waals surface area (Å²) < 4.78 is 0. The largest absolute Gasteiger partial charge is 0.353 e. The highest BCUT2D eigenvalue weighted by molar-refractivity contribution is 5.86. The van der Waals surface area contributed by atoms with Crippen LogP contribution in [0.4, 0.5) is 0 Å². The number of carbonyl (C=O) groups is 2. The van der Waals surface area contributed by atoms with Gasteiger partial charge < -0.3 is 16.0 Å². The molecule has 1 aliphatic heterocycles. The molecule has 138 valence electrons. The van der Waals surface area contributed by atoms with Crippen LogP contribution in [0.1, 0.15) is 49.3 Å². The van der Waals surface area contributed by atoms with Crippen LogP contribution in [-0.2, 0) is 16.0 Å². The zero-order valence-electron chi connectivity index (χ0n) is 14.6. The smallest absolute Gasteiger partial charge is 0.239 e. The summed E-state index contributed by atoms with van der Waals surface area (Å²) in [5.41, 5.74) is 2.61. The third-order valence-electron chi connectivity index (χ3n) is 5.12. The molecule has 5 nitrogen and oxygen atoms in total. The molecule has 0 spiro atoms. The van der Waals surface area contributed by atoms with Gasteiger partial charge in [-0.1, -0.05) is 43.5 Å². The van der Waals surface area contributed by atoms with E-state index in [0.29, 0.717) is 6.54 Å². The first-order valence-electron chi connectivity index (χ1n) is 9.09. The van der Waals surface area contributed by atoms with Gasteiger partial charge in [0.25, 0.3) is 0 Å². The molecule has 2 amide bonds. The Balaban J connectivity index is 0.00000225. The maximum atomic E-state index is 12.1. The standard InChI is InChI=1S/C19H27N3O2.ClH/c23-18(13-22-19(24)15-7-2-1-3-8-15)21-12-17-16-9-5-4-6-14(16)10-11-20-17;/h4-6,9,15,17,20H,1-3,7-8,10-13H2,(H,21,23)(H,22,24);1H. The second-order valence-electron chi connectivity index (χ2n) is 6.81. The molecule has 1 heterocycles. The SMILES string of the molecule is Cl.O=C(CNC(=O)C1CCCCC1)NCC1NCCc2ccccc21. The summed E-state index contributed by atoms with van der Waals surface area (Å²) in [6, 6.07) is 8.50. The Kier molecular flexibility index (Phi) is 7.72. The van der Waals surface area contributed by atoms with Gasteiger partial charge in [0.05, 0.1) is 6.54 Å². The van der Waals surface area contributed by atoms with Gasteiger partial charge in [-0.2, -0.15) is 0 Å². The van der Waals surface area contributed by atoms with Crippen LogP contribution in [0.3, 0.4) is 0 Å². The van der Waals surface area contributed by atoms with Crippen molar-refractivity contribution < 1.29 is 9.59 Å². The highest BCUT2D eigenvalue weighted by Gasteiger charge is 2.22. The quantitative estimate of drug-likeness (QED) is 0.748. The fourth-order valence-electron chi connectivity index (χ4n) is 3.73. The van der Waals surface area contributed by atoms with Gasteiger partial charge in [0, 0.05) is 18.5 Å². The van der Waals surface area contributed by atoms with Crippen molar-refractivity contribution in [1.29, 1.82) is 0 Å². The summed E-state index contributed by atoms with van der Waals surface area (Å²) in [4.78, 5) is 24.1. The molecule has 0 saturated heterocycles. The fourth-order valence-corrected chi connectivity index (χ4v) is 3.73. The lowest BCUT2D eigenvalue weighted by Crippen LogP contribution is -2.43. The van der Waals surface area contributed by atoms with Gasteiger partial charge in [0.15, 0.2) is 0 Å². The first-order valence-corrected chi connectivity index (χ1v) is 9.09. The molecule has 0 radical (unpaired) electrons. The molecule has 1 atom stereocenters. The molecular weight excluding hydrogens is 338 g/mol. The van der Waals surface area contributed by atoms with Gasteiger partial charge in [-0.3, -0.25) is 9.59 Å². The van der Waals surface area contributed by atoms with E-state index in [9.17, 15) is 9.59 Å². The number of amides is 2. The Morgan fingerprint density at radius 2 is 1.84 bits per heavy atom. The Morgan fingerprint density at radius 3 is 2.64 bits per heavy atom. The number of hydrogen-bond acceptors (Lipinski definition) is 3. The number of nitrogens with one attached hydrogen (secondary N) is 3. The van der Waals surface area contributed by atoms with E-state index in [1.165, 1.54) is 17.5 Å². The van der Waals surface area contributed by atoms with E-state index >= 15 is 0 Å². The van der Waals surface area contributed by atoms with Crippen molar-refractivity contribution in [2.45, 2.75) is 44.6 Å². The van der Waals surface area contributed by atoms with Crippen LogP contribution < -0.4 is 16.0 Å². The van der Waals surface area contributed by atoms with Crippen molar-refractivity contribution in [3.8, 4) is 0 Å². The summed E-state index contributed by atoms with van der Waals surface area (Å²) in [5.74, 6) is 0.00781. The predicted octanol–water partition coefficient (Wildman–Crippen LogP) is 2.11. The monoisotopic (exact) mass is 365 g/mol. The van der Waals surface area contributed by atoms with Crippen molar-refractivity contribution in [2.24, 2.45) is 5.92 Å². The van der Waals surface area contributed by atoms with Crippen LogP contribution in [0.5, 0.6) is 0 Å². The molecule has 1 saturated carbocycles. The van der Waals surface area contributed by atoms with Gasteiger partial charge in [0.1, 0.15) is 0 Å². The number of rotatable bonds is 5. The Labute approximate surface area is 155 Å². The molecule has 25 heavy (non-hydrogen) atoms. The lowest BCUT2D eigenvalue weighted by atomic mass is 9.89. The van der Waals surface area contributed by atoms with Crippen LogP contribution in [0, 0.1) is 5.92 Å². The fraction of sp³-hybridized carbons (Fsp3) is 0.579. The summed E-state index contributed by atoms with van der Waals surface area (Å²) in [6.45, 7) is 1.55. The molecule has 2 aliphatic rings. The van der Waals surface area contributed by atoms with E-state index in [1.807, 2.05) is 6.07 Å². The van der Waals surface area contributed by atoms with Crippen molar-refractivity contribution in [2.75, 3.05) is 19.6 Å². The average Bonchev–Trinajstić information content (AvgIpc) is 2.65. The van der Waals surface area contributed by atoms with E-state index in [1.54, 1.807) is 0 Å². The number of carbonyl (C=O) groups excluding carboxylic acids is 2. The molecule has 1 aliphatic carbocycles. The topological polar surface area (TPSA) is 70.2 Å². The van der Waals surface area contributed by atoms with Crippen molar-refractivity contribution in [1.82, 2.24) is 16.0 Å². The van der Waals surface area contributed by atoms with Crippen LogP contribution in [0.15, 0.2) is 24.3 Å². The minimum Gasteiger partial charge on any atom is -0.353 e. The minimum absolute atomic E-state index is 0. The molecular formula is C19H28ClN3O2. The number of halogens is 1. The summed E-state index contributed by atoms with van der Waals surface area (Å²) >= 11 is 0. The highest BCUT2D eigenvalue weighted by Crippen LogP contribution is 2.23. The minimum atomic E-state index is -0.121. The maximum absolute atomic E-state index is 12.1. The maximum Gasteiger partial charge on any atom is 0.239 e. The van der Waals surface area contributed by atoms with Crippen molar-refractivity contribution in [3.63, 3.8) is 0 Å². The van der Waals surface area contributed by atoms with E-state index in [2.05, 4.69) is 34.1 Å². The molecule has 0 aromatic heterocycles. The predicted molar refractivity (Wildman–Crippen MR) is 101 cm³/mol. The molecule has 3 N–H and O–H groups in total. The van der Waals surface area contributed by atoms with Crippen molar-refractivity contribution >= 4 is 24.2 Å². The molecule has 1 fully saturated rings. The second-order valence-corrected chi connectivity index (χ2v) is 6.81. The normalized spacial score (nSPS) is 20.1. The van der Waals surface area contributed by atoms with Crippen LogP contribution in [-0.4, -0.2) is 31.4 Å². The Hall–Kier alpha value is -1.59. The van der Waals surface area contributed by atoms with E-state index in [4.69, 9.17) is 0 Å². The highest BCUT2D eigenvalue weighted by atomic mass is 35.5. The van der Waals surface area contributed by atoms with Crippen LogP contribution in [0.25, 0.3) is 0 Å². The van der Waals surface area contributed by atoms with Gasteiger partial charge in [-0.05, 0) is 36.9 Å². The lowest BCUT2D eigenvalue weighted by molar-refractivity contribution is -0.129. The number of hydrogen-bond donors (Lipinski definition) is 3. The van der Waals surface area contributed by atoms with E-state index in [-0.39, 0.29) is 42.7 Å². The van der Waals surface area contributed by atoms with Crippen LogP contribution >= 0.6 is 12.4 Å². The number of fused-ring (bicyclic) bond motifs is 1. The summed E-state index contributed by atoms with van der Waals surface area (Å²) in [5, 5.41) is 9.17. The zero-order valence-corrected chi connectivity index (χ0v) is 15.4. The van der Waals surface area contributed by atoms with E-state index in [0.717, 1.165) is 38.6 Å². The second kappa shape index (κ2) is 9.78. The molecule has 1 aromatic rings. The third-order valence-corrected chi connectivity index (χ3v) is 5.12.